The maximum absolute atomic E-state index is 10.7. The van der Waals surface area contributed by atoms with Crippen LogP contribution in [0.1, 0.15) is 6.42 Å². The molecule has 0 bridgehead atoms. The molecule has 2 fully saturated rings. The Bertz CT molecular complexity index is 576. The molecule has 0 aromatic heterocycles. The molecule has 0 aliphatic carbocycles. The van der Waals surface area contributed by atoms with Crippen molar-refractivity contribution in [3.63, 3.8) is 0 Å². The lowest BCUT2D eigenvalue weighted by Crippen LogP contribution is -2.67. The predicted octanol–water partition coefficient (Wildman–Crippen LogP) is -7.01. The average Bonchev–Trinajstić information content (AvgIpc) is 2.80. The molecular formula is C18H37N3O12. The predicted molar refractivity (Wildman–Crippen MR) is 108 cm³/mol. The van der Waals surface area contributed by atoms with Gasteiger partial charge in [0.2, 0.25) is 0 Å². The van der Waals surface area contributed by atoms with E-state index in [0.717, 1.165) is 0 Å². The van der Waals surface area contributed by atoms with E-state index in [9.17, 15) is 35.7 Å². The summed E-state index contributed by atoms with van der Waals surface area (Å²) in [7, 11) is 0. The lowest BCUT2D eigenvalue weighted by molar-refractivity contribution is -0.327. The van der Waals surface area contributed by atoms with Gasteiger partial charge in [-0.05, 0) is 6.42 Å². The van der Waals surface area contributed by atoms with E-state index in [2.05, 4.69) is 0 Å². The first-order chi connectivity index (χ1) is 15.6. The summed E-state index contributed by atoms with van der Waals surface area (Å²) in [6, 6.07) is -3.59. The summed E-state index contributed by atoms with van der Waals surface area (Å²) in [5, 5.41) is 78.5. The first-order valence-electron chi connectivity index (χ1n) is 10.6. The highest BCUT2D eigenvalue weighted by Crippen LogP contribution is 2.28. The number of aliphatic hydroxyl groups excluding tert-OH is 8. The Hall–Kier alpha value is -0.600. The van der Waals surface area contributed by atoms with Crippen LogP contribution in [0.3, 0.4) is 0 Å². The van der Waals surface area contributed by atoms with Gasteiger partial charge >= 0.3 is 0 Å². The molecular weight excluding hydrogens is 450 g/mol. The highest BCUT2D eigenvalue weighted by molar-refractivity contribution is 4.97. The third kappa shape index (κ3) is 6.75. The van der Waals surface area contributed by atoms with E-state index in [1.165, 1.54) is 0 Å². The van der Waals surface area contributed by atoms with Crippen molar-refractivity contribution in [2.24, 2.45) is 17.2 Å². The molecule has 0 spiro atoms. The van der Waals surface area contributed by atoms with Crippen LogP contribution in [-0.2, 0) is 18.9 Å². The van der Waals surface area contributed by atoms with Gasteiger partial charge in [-0.2, -0.15) is 0 Å². The number of nitrogens with two attached hydrogens (primary N) is 3. The molecule has 0 radical (unpaired) electrons. The molecule has 196 valence electrons. The van der Waals surface area contributed by atoms with Crippen LogP contribution in [-0.4, -0.2) is 147 Å². The van der Waals surface area contributed by atoms with E-state index in [-0.39, 0.29) is 19.6 Å². The molecule has 0 aromatic rings. The Kier molecular flexibility index (Phi) is 11.2. The van der Waals surface area contributed by atoms with Crippen molar-refractivity contribution in [2.75, 3.05) is 26.4 Å². The highest BCUT2D eigenvalue weighted by Gasteiger charge is 2.50. The van der Waals surface area contributed by atoms with Crippen molar-refractivity contribution in [1.29, 1.82) is 0 Å². The minimum atomic E-state index is -1.54. The molecule has 2 saturated heterocycles. The molecule has 0 saturated carbocycles. The maximum Gasteiger partial charge on any atom is 0.176 e. The van der Waals surface area contributed by atoms with Crippen LogP contribution in [0.2, 0.25) is 0 Å². The van der Waals surface area contributed by atoms with Gasteiger partial charge in [0.05, 0.1) is 50.2 Å². The average molecular weight is 488 g/mol. The van der Waals surface area contributed by atoms with E-state index in [4.69, 9.17) is 41.3 Å². The fraction of sp³-hybridized carbons (Fsp3) is 1.00. The first kappa shape index (κ1) is 28.6. The van der Waals surface area contributed by atoms with Gasteiger partial charge in [-0.1, -0.05) is 0 Å². The Labute approximate surface area is 190 Å². The van der Waals surface area contributed by atoms with Crippen LogP contribution in [0.15, 0.2) is 0 Å². The van der Waals surface area contributed by atoms with Crippen molar-refractivity contribution >= 4 is 0 Å². The standard InChI is InChI=1S/C18H37N3O12/c19-6(12(26)7(25)1-2-22)5-30-15-8(3-23)32-18(11(21)14(15)28)33-16-9(4-24)31-17(29)10(20)13(16)27/h6-18,22-29H,1-5,19-21H2/t6-,7+,8+,9+,10?,11?,12+,13?,14+,15?,16?,17?,18-/m0/s1. The number of hydrogen-bond acceptors (Lipinski definition) is 15. The van der Waals surface area contributed by atoms with Gasteiger partial charge in [-0.15, -0.1) is 0 Å². The van der Waals surface area contributed by atoms with Crippen LogP contribution in [0, 0.1) is 0 Å². The van der Waals surface area contributed by atoms with Gasteiger partial charge in [0.25, 0.3) is 0 Å². The van der Waals surface area contributed by atoms with E-state index in [1.807, 2.05) is 0 Å². The van der Waals surface area contributed by atoms with E-state index < -0.39 is 92.8 Å². The van der Waals surface area contributed by atoms with E-state index in [1.54, 1.807) is 0 Å². The zero-order chi connectivity index (χ0) is 24.9. The second kappa shape index (κ2) is 12.9. The molecule has 2 heterocycles. The third-order valence-electron chi connectivity index (χ3n) is 5.85. The maximum atomic E-state index is 10.7. The normalized spacial score (nSPS) is 42.6. The molecule has 0 amide bonds. The highest BCUT2D eigenvalue weighted by atomic mass is 16.7. The van der Waals surface area contributed by atoms with Crippen molar-refractivity contribution < 1.29 is 59.8 Å². The molecule has 33 heavy (non-hydrogen) atoms. The van der Waals surface area contributed by atoms with Crippen LogP contribution >= 0.6 is 0 Å². The molecule has 6 unspecified atom stereocenters. The largest absolute Gasteiger partial charge is 0.396 e. The summed E-state index contributed by atoms with van der Waals surface area (Å²) in [5.74, 6) is 0. The topological polar surface area (TPSA) is 277 Å². The Morgan fingerprint density at radius 3 is 2.00 bits per heavy atom. The summed E-state index contributed by atoms with van der Waals surface area (Å²) in [6.07, 6.45) is -13.5. The molecule has 14 N–H and O–H groups in total. The lowest BCUT2D eigenvalue weighted by atomic mass is 9.95. The number of aliphatic hydroxyl groups is 8. The van der Waals surface area contributed by atoms with Crippen LogP contribution in [0.5, 0.6) is 0 Å². The van der Waals surface area contributed by atoms with Crippen LogP contribution < -0.4 is 17.2 Å². The number of hydrogen-bond donors (Lipinski definition) is 11. The molecule has 0 aromatic carbocycles. The Balaban J connectivity index is 2.03. The summed E-state index contributed by atoms with van der Waals surface area (Å²) in [4.78, 5) is 0. The summed E-state index contributed by atoms with van der Waals surface area (Å²) < 4.78 is 21.9. The van der Waals surface area contributed by atoms with Crippen molar-refractivity contribution in [2.45, 2.75) is 86.0 Å². The van der Waals surface area contributed by atoms with Gasteiger partial charge in [0.15, 0.2) is 12.6 Å². The van der Waals surface area contributed by atoms with Gasteiger partial charge < -0.3 is 77.0 Å². The number of ether oxygens (including phenoxy) is 4. The van der Waals surface area contributed by atoms with Gasteiger partial charge in [-0.3, -0.25) is 0 Å². The van der Waals surface area contributed by atoms with Crippen molar-refractivity contribution in [1.82, 2.24) is 0 Å². The summed E-state index contributed by atoms with van der Waals surface area (Å²) in [5.41, 5.74) is 17.5. The van der Waals surface area contributed by atoms with E-state index in [0.29, 0.717) is 0 Å². The van der Waals surface area contributed by atoms with Crippen LogP contribution in [0.4, 0.5) is 0 Å². The summed E-state index contributed by atoms with van der Waals surface area (Å²) >= 11 is 0. The number of rotatable bonds is 11. The Morgan fingerprint density at radius 2 is 1.42 bits per heavy atom. The smallest absolute Gasteiger partial charge is 0.176 e. The monoisotopic (exact) mass is 487 g/mol. The zero-order valence-corrected chi connectivity index (χ0v) is 18.0. The van der Waals surface area contributed by atoms with Crippen LogP contribution in [0.25, 0.3) is 0 Å². The third-order valence-corrected chi connectivity index (χ3v) is 5.85. The van der Waals surface area contributed by atoms with Crippen molar-refractivity contribution in [3.05, 3.63) is 0 Å². The fourth-order valence-electron chi connectivity index (χ4n) is 3.75. The zero-order valence-electron chi connectivity index (χ0n) is 18.0. The first-order valence-corrected chi connectivity index (χ1v) is 10.6. The second-order valence-corrected chi connectivity index (χ2v) is 8.24. The summed E-state index contributed by atoms with van der Waals surface area (Å²) in [6.45, 7) is -1.97. The van der Waals surface area contributed by atoms with Crippen molar-refractivity contribution in [3.8, 4) is 0 Å². The molecule has 15 nitrogen and oxygen atoms in total. The minimum absolute atomic E-state index is 0.0978. The SMILES string of the molecule is NC1C(O)O[C@H](CO)C(O[C@@H]2O[C@H](CO)C(OC[C@H](N)[C@@H](O)[C@H](O)CCO)[C@H](O)C2N)C1O. The fourth-order valence-corrected chi connectivity index (χ4v) is 3.75. The van der Waals surface area contributed by atoms with E-state index >= 15 is 0 Å². The Morgan fingerprint density at radius 1 is 0.848 bits per heavy atom. The minimum Gasteiger partial charge on any atom is -0.396 e. The molecule has 2 aliphatic heterocycles. The van der Waals surface area contributed by atoms with Gasteiger partial charge in [-0.25, -0.2) is 0 Å². The molecule has 13 atom stereocenters. The quantitative estimate of drug-likeness (QED) is 0.129. The lowest BCUT2D eigenvalue weighted by Gasteiger charge is -2.46. The second-order valence-electron chi connectivity index (χ2n) is 8.24. The van der Waals surface area contributed by atoms with Gasteiger partial charge in [0, 0.05) is 6.61 Å². The molecule has 15 heteroatoms. The molecule has 2 aliphatic rings. The molecule has 2 rings (SSSR count). The van der Waals surface area contributed by atoms with Gasteiger partial charge in [0.1, 0.15) is 36.6 Å².